The third-order valence-electron chi connectivity index (χ3n) is 7.74. The summed E-state index contributed by atoms with van der Waals surface area (Å²) in [7, 11) is 1.63. The van der Waals surface area contributed by atoms with Gasteiger partial charge in [0.1, 0.15) is 0 Å². The number of carbonyl (C=O) groups excluding carboxylic acids is 1. The van der Waals surface area contributed by atoms with Crippen molar-refractivity contribution in [2.24, 2.45) is 0 Å². The average molecular weight is 600 g/mol. The van der Waals surface area contributed by atoms with E-state index in [1.54, 1.807) is 7.11 Å². The number of methoxy groups -OCH3 is 1. The molecule has 0 saturated carbocycles. The van der Waals surface area contributed by atoms with Gasteiger partial charge in [0.05, 0.1) is 18.8 Å². The Morgan fingerprint density at radius 2 is 1.02 bits per heavy atom. The number of ether oxygens (including phenoxy) is 1. The Bertz CT molecular complexity index is 737. The Balaban J connectivity index is 3.91. The summed E-state index contributed by atoms with van der Waals surface area (Å²) in [6, 6.07) is -0.414. The fourth-order valence-corrected chi connectivity index (χ4v) is 4.99. The Hall–Kier alpha value is -1.91. The van der Waals surface area contributed by atoms with Crippen molar-refractivity contribution in [1.29, 1.82) is 0 Å². The summed E-state index contributed by atoms with van der Waals surface area (Å²) < 4.78 is 5.56. The van der Waals surface area contributed by atoms with E-state index < -0.39 is 6.04 Å². The van der Waals surface area contributed by atoms with Crippen LogP contribution in [0.1, 0.15) is 155 Å². The largest absolute Gasteiger partial charge is 0.394 e. The zero-order valence-corrected chi connectivity index (χ0v) is 28.5. The normalized spacial score (nSPS) is 13.9. The number of amides is 1. The van der Waals surface area contributed by atoms with Gasteiger partial charge >= 0.3 is 0 Å². The highest BCUT2D eigenvalue weighted by molar-refractivity contribution is 5.76. The van der Waals surface area contributed by atoms with Gasteiger partial charge in [-0.1, -0.05) is 152 Å². The molecule has 2 N–H and O–H groups in total. The van der Waals surface area contributed by atoms with Crippen LogP contribution in [0.4, 0.5) is 0 Å². The molecule has 248 valence electrons. The SMILES string of the molecule is CCCCC/C=C/C/C=C/C/C=C/C/C=C/CCCC(=O)N[C@@H](CO)[C@@H](/C=C/CCCCCCCCCCCCC)OC. The lowest BCUT2D eigenvalue weighted by Gasteiger charge is -2.23. The summed E-state index contributed by atoms with van der Waals surface area (Å²) in [5.74, 6) is -0.0317. The monoisotopic (exact) mass is 600 g/mol. The summed E-state index contributed by atoms with van der Waals surface area (Å²) >= 11 is 0. The predicted molar refractivity (Wildman–Crippen MR) is 188 cm³/mol. The van der Waals surface area contributed by atoms with Crippen molar-refractivity contribution in [2.75, 3.05) is 13.7 Å². The summed E-state index contributed by atoms with van der Waals surface area (Å²) in [5, 5.41) is 12.8. The van der Waals surface area contributed by atoms with E-state index in [1.165, 1.54) is 96.3 Å². The van der Waals surface area contributed by atoms with E-state index in [0.29, 0.717) is 6.42 Å². The second-order valence-corrected chi connectivity index (χ2v) is 11.8. The topological polar surface area (TPSA) is 58.6 Å². The minimum absolute atomic E-state index is 0.0317. The van der Waals surface area contributed by atoms with Crippen molar-refractivity contribution in [1.82, 2.24) is 5.32 Å². The minimum Gasteiger partial charge on any atom is -0.394 e. The fraction of sp³-hybridized carbons (Fsp3) is 0.718. The van der Waals surface area contributed by atoms with Gasteiger partial charge in [-0.25, -0.2) is 0 Å². The van der Waals surface area contributed by atoms with E-state index in [9.17, 15) is 9.90 Å². The number of allylic oxidation sites excluding steroid dienone is 9. The highest BCUT2D eigenvalue weighted by Crippen LogP contribution is 2.12. The molecule has 4 heteroatoms. The van der Waals surface area contributed by atoms with E-state index in [1.807, 2.05) is 6.08 Å². The fourth-order valence-electron chi connectivity index (χ4n) is 4.99. The van der Waals surface area contributed by atoms with Crippen molar-refractivity contribution < 1.29 is 14.6 Å². The van der Waals surface area contributed by atoms with Gasteiger partial charge in [-0.2, -0.15) is 0 Å². The Labute approximate surface area is 267 Å². The highest BCUT2D eigenvalue weighted by atomic mass is 16.5. The molecule has 0 aromatic heterocycles. The number of hydrogen-bond donors (Lipinski definition) is 2. The van der Waals surface area contributed by atoms with Gasteiger partial charge in [-0.3, -0.25) is 4.79 Å². The van der Waals surface area contributed by atoms with Crippen LogP contribution in [0.2, 0.25) is 0 Å². The second kappa shape index (κ2) is 34.6. The van der Waals surface area contributed by atoms with Gasteiger partial charge in [0, 0.05) is 13.5 Å². The summed E-state index contributed by atoms with van der Waals surface area (Å²) in [6.45, 7) is 4.37. The molecule has 0 saturated heterocycles. The number of carbonyl (C=O) groups is 1. The first-order chi connectivity index (χ1) is 21.2. The Morgan fingerprint density at radius 3 is 1.53 bits per heavy atom. The van der Waals surface area contributed by atoms with Crippen LogP contribution in [0.3, 0.4) is 0 Å². The van der Waals surface area contributed by atoms with Crippen molar-refractivity contribution in [3.63, 3.8) is 0 Å². The molecule has 0 aromatic carbocycles. The van der Waals surface area contributed by atoms with Gasteiger partial charge in [0.2, 0.25) is 5.91 Å². The lowest BCUT2D eigenvalue weighted by Crippen LogP contribution is -2.45. The number of nitrogens with one attached hydrogen (secondary N) is 1. The second-order valence-electron chi connectivity index (χ2n) is 11.8. The zero-order chi connectivity index (χ0) is 31.5. The molecule has 0 bridgehead atoms. The van der Waals surface area contributed by atoms with Crippen LogP contribution in [-0.2, 0) is 9.53 Å². The maximum absolute atomic E-state index is 12.4. The van der Waals surface area contributed by atoms with Crippen molar-refractivity contribution >= 4 is 5.91 Å². The minimum atomic E-state index is -0.414. The van der Waals surface area contributed by atoms with Gasteiger partial charge < -0.3 is 15.2 Å². The number of aliphatic hydroxyl groups is 1. The molecular formula is C39H69NO3. The number of aliphatic hydroxyl groups excluding tert-OH is 1. The standard InChI is InChI=1S/C39H69NO3/c1-4-6-8-10-12-14-16-18-19-20-21-23-25-27-29-31-33-35-39(42)40-37(36-41)38(43-3)34-32-30-28-26-24-22-17-15-13-11-9-7-5-2/h12,14,18-19,21,23,27,29,32,34,37-38,41H,4-11,13,15-17,20,22,24-26,28,30-31,33,35-36H2,1-3H3,(H,40,42)/b14-12+,19-18+,23-21+,29-27+,34-32+/t37-,38+/m0/s1. The third-order valence-corrected chi connectivity index (χ3v) is 7.74. The van der Waals surface area contributed by atoms with Crippen LogP contribution in [0, 0.1) is 0 Å². The molecule has 0 spiro atoms. The molecule has 0 unspecified atom stereocenters. The predicted octanol–water partition coefficient (Wildman–Crippen LogP) is 10.9. The smallest absolute Gasteiger partial charge is 0.220 e. The van der Waals surface area contributed by atoms with Crippen LogP contribution >= 0.6 is 0 Å². The molecule has 0 radical (unpaired) electrons. The first kappa shape index (κ1) is 41.1. The molecule has 0 rings (SSSR count). The molecule has 0 fully saturated rings. The first-order valence-electron chi connectivity index (χ1n) is 17.9. The molecule has 43 heavy (non-hydrogen) atoms. The van der Waals surface area contributed by atoms with E-state index in [4.69, 9.17) is 4.74 Å². The first-order valence-corrected chi connectivity index (χ1v) is 17.9. The van der Waals surface area contributed by atoms with Gasteiger partial charge in [-0.15, -0.1) is 0 Å². The van der Waals surface area contributed by atoms with Crippen LogP contribution in [-0.4, -0.2) is 36.9 Å². The average Bonchev–Trinajstić information content (AvgIpc) is 3.02. The molecule has 1 amide bonds. The molecule has 0 aliphatic rings. The summed E-state index contributed by atoms with van der Waals surface area (Å²) in [5.41, 5.74) is 0. The van der Waals surface area contributed by atoms with Crippen molar-refractivity contribution in [2.45, 2.75) is 167 Å². The molecule has 0 aromatic rings. The van der Waals surface area contributed by atoms with E-state index in [2.05, 4.69) is 73.8 Å². The molecular weight excluding hydrogens is 530 g/mol. The third kappa shape index (κ3) is 29.9. The zero-order valence-electron chi connectivity index (χ0n) is 28.5. The number of rotatable bonds is 31. The quantitative estimate of drug-likeness (QED) is 0.0615. The van der Waals surface area contributed by atoms with Crippen LogP contribution in [0.5, 0.6) is 0 Å². The maximum atomic E-state index is 12.4. The van der Waals surface area contributed by atoms with Crippen LogP contribution in [0.25, 0.3) is 0 Å². The molecule has 0 aliphatic heterocycles. The van der Waals surface area contributed by atoms with E-state index in [-0.39, 0.29) is 18.6 Å². The van der Waals surface area contributed by atoms with Crippen LogP contribution < -0.4 is 5.32 Å². The molecule has 0 aliphatic carbocycles. The maximum Gasteiger partial charge on any atom is 0.220 e. The molecule has 4 nitrogen and oxygen atoms in total. The molecule has 0 heterocycles. The Kier molecular flexibility index (Phi) is 33.0. The Morgan fingerprint density at radius 1 is 0.605 bits per heavy atom. The molecule has 2 atom stereocenters. The van der Waals surface area contributed by atoms with Crippen molar-refractivity contribution in [3.05, 3.63) is 60.8 Å². The van der Waals surface area contributed by atoms with Gasteiger partial charge in [0.25, 0.3) is 0 Å². The van der Waals surface area contributed by atoms with Gasteiger partial charge in [-0.05, 0) is 57.8 Å². The number of unbranched alkanes of at least 4 members (excludes halogenated alkanes) is 15. The lowest BCUT2D eigenvalue weighted by molar-refractivity contribution is -0.123. The van der Waals surface area contributed by atoms with E-state index >= 15 is 0 Å². The van der Waals surface area contributed by atoms with Gasteiger partial charge in [0.15, 0.2) is 0 Å². The summed E-state index contributed by atoms with van der Waals surface area (Å²) in [6.07, 6.45) is 47.5. The summed E-state index contributed by atoms with van der Waals surface area (Å²) in [4.78, 5) is 12.4. The lowest BCUT2D eigenvalue weighted by atomic mass is 10.0. The van der Waals surface area contributed by atoms with Crippen LogP contribution in [0.15, 0.2) is 60.8 Å². The van der Waals surface area contributed by atoms with E-state index in [0.717, 1.165) is 38.5 Å². The van der Waals surface area contributed by atoms with Crippen molar-refractivity contribution in [3.8, 4) is 0 Å². The number of hydrogen-bond acceptors (Lipinski definition) is 3. The highest BCUT2D eigenvalue weighted by Gasteiger charge is 2.19.